The van der Waals surface area contributed by atoms with Crippen LogP contribution in [0.1, 0.15) is 57.9 Å². The Morgan fingerprint density at radius 2 is 2.10 bits per heavy atom. The molecule has 1 aliphatic rings. The topological polar surface area (TPSA) is 12.5 Å². The molecule has 0 radical (unpaired) electrons. The Morgan fingerprint density at radius 1 is 1.24 bits per heavy atom. The summed E-state index contributed by atoms with van der Waals surface area (Å²) in [5.41, 5.74) is 1.46. The average molecular weight is 289 g/mol. The van der Waals surface area contributed by atoms with Crippen LogP contribution in [0.2, 0.25) is 0 Å². The van der Waals surface area contributed by atoms with Crippen molar-refractivity contribution in [3.05, 3.63) is 29.8 Å². The molecule has 0 amide bonds. The Morgan fingerprint density at radius 3 is 2.81 bits per heavy atom. The highest BCUT2D eigenvalue weighted by molar-refractivity contribution is 5.31. The summed E-state index contributed by atoms with van der Waals surface area (Å²) < 4.78 is 5.65. The normalized spacial score (nSPS) is 23.2. The molecule has 0 bridgehead atoms. The lowest BCUT2D eigenvalue weighted by Gasteiger charge is -2.37. The minimum Gasteiger partial charge on any atom is -0.494 e. The van der Waals surface area contributed by atoms with Gasteiger partial charge in [-0.05, 0) is 62.4 Å². The lowest BCUT2D eigenvalue weighted by atomic mass is 9.81. The SMILES string of the molecule is CCCCCN1CCC(c2cccc(OCC)c2)[C@@H](C)C1. The van der Waals surface area contributed by atoms with E-state index in [4.69, 9.17) is 4.74 Å². The first kappa shape index (κ1) is 16.4. The maximum Gasteiger partial charge on any atom is 0.119 e. The van der Waals surface area contributed by atoms with Crippen LogP contribution in [0.4, 0.5) is 0 Å². The van der Waals surface area contributed by atoms with Gasteiger partial charge in [0.2, 0.25) is 0 Å². The van der Waals surface area contributed by atoms with E-state index in [0.29, 0.717) is 5.92 Å². The molecule has 0 N–H and O–H groups in total. The summed E-state index contributed by atoms with van der Waals surface area (Å²) >= 11 is 0. The van der Waals surface area contributed by atoms with Crippen LogP contribution in [0, 0.1) is 5.92 Å². The van der Waals surface area contributed by atoms with E-state index < -0.39 is 0 Å². The Kier molecular flexibility index (Phi) is 6.56. The van der Waals surface area contributed by atoms with Crippen LogP contribution in [0.25, 0.3) is 0 Å². The third-order valence-corrected chi connectivity index (χ3v) is 4.66. The van der Waals surface area contributed by atoms with Crippen LogP contribution >= 0.6 is 0 Å². The summed E-state index contributed by atoms with van der Waals surface area (Å²) in [6.07, 6.45) is 5.32. The number of nitrogens with zero attached hydrogens (tertiary/aromatic N) is 1. The highest BCUT2D eigenvalue weighted by Gasteiger charge is 2.27. The fraction of sp³-hybridized carbons (Fsp3) is 0.684. The molecule has 2 nitrogen and oxygen atoms in total. The summed E-state index contributed by atoms with van der Waals surface area (Å²) in [4.78, 5) is 2.66. The maximum atomic E-state index is 5.65. The van der Waals surface area contributed by atoms with Gasteiger partial charge in [-0.2, -0.15) is 0 Å². The third-order valence-electron chi connectivity index (χ3n) is 4.66. The standard InChI is InChI=1S/C19H31NO/c1-4-6-7-12-20-13-11-19(16(3)15-20)17-9-8-10-18(14-17)21-5-2/h8-10,14,16,19H,4-7,11-13,15H2,1-3H3/t16-,19?/m0/s1. The van der Waals surface area contributed by atoms with Crippen molar-refractivity contribution in [1.82, 2.24) is 4.90 Å². The largest absolute Gasteiger partial charge is 0.494 e. The predicted molar refractivity (Wildman–Crippen MR) is 90.1 cm³/mol. The van der Waals surface area contributed by atoms with Crippen LogP contribution < -0.4 is 4.74 Å². The van der Waals surface area contributed by atoms with Crippen LogP contribution in [0.5, 0.6) is 5.75 Å². The van der Waals surface area contributed by atoms with Gasteiger partial charge in [0.05, 0.1) is 6.61 Å². The van der Waals surface area contributed by atoms with Gasteiger partial charge in [0.15, 0.2) is 0 Å². The van der Waals surface area contributed by atoms with Gasteiger partial charge < -0.3 is 9.64 Å². The molecule has 21 heavy (non-hydrogen) atoms. The Bertz CT molecular complexity index is 418. The van der Waals surface area contributed by atoms with Crippen LogP contribution in [-0.4, -0.2) is 31.1 Å². The van der Waals surface area contributed by atoms with Crippen molar-refractivity contribution < 1.29 is 4.74 Å². The molecule has 1 heterocycles. The molecule has 118 valence electrons. The number of hydrogen-bond donors (Lipinski definition) is 0. The van der Waals surface area contributed by atoms with E-state index in [-0.39, 0.29) is 0 Å². The van der Waals surface area contributed by atoms with Gasteiger partial charge >= 0.3 is 0 Å². The van der Waals surface area contributed by atoms with Crippen molar-refractivity contribution in [2.24, 2.45) is 5.92 Å². The molecular formula is C19H31NO. The highest BCUT2D eigenvalue weighted by atomic mass is 16.5. The van der Waals surface area contributed by atoms with Crippen molar-refractivity contribution in [3.63, 3.8) is 0 Å². The molecule has 1 aliphatic heterocycles. The second-order valence-electron chi connectivity index (χ2n) is 6.39. The average Bonchev–Trinajstić information content (AvgIpc) is 2.48. The van der Waals surface area contributed by atoms with E-state index in [1.807, 2.05) is 6.92 Å². The number of rotatable bonds is 7. The molecule has 0 aromatic heterocycles. The van der Waals surface area contributed by atoms with Gasteiger partial charge in [-0.15, -0.1) is 0 Å². The van der Waals surface area contributed by atoms with Gasteiger partial charge in [0.1, 0.15) is 5.75 Å². The monoisotopic (exact) mass is 289 g/mol. The second kappa shape index (κ2) is 8.43. The van der Waals surface area contributed by atoms with E-state index in [1.54, 1.807) is 0 Å². The van der Waals surface area contributed by atoms with Gasteiger partial charge in [0, 0.05) is 6.54 Å². The van der Waals surface area contributed by atoms with E-state index in [1.165, 1.54) is 50.9 Å². The lowest BCUT2D eigenvalue weighted by molar-refractivity contribution is 0.160. The van der Waals surface area contributed by atoms with E-state index in [9.17, 15) is 0 Å². The van der Waals surface area contributed by atoms with Gasteiger partial charge in [-0.25, -0.2) is 0 Å². The van der Waals surface area contributed by atoms with Gasteiger partial charge in [-0.3, -0.25) is 0 Å². The number of hydrogen-bond acceptors (Lipinski definition) is 2. The van der Waals surface area contributed by atoms with Gasteiger partial charge in [0.25, 0.3) is 0 Å². The van der Waals surface area contributed by atoms with Gasteiger partial charge in [-0.1, -0.05) is 38.8 Å². The molecule has 0 aliphatic carbocycles. The first-order valence-electron chi connectivity index (χ1n) is 8.69. The molecule has 1 unspecified atom stereocenters. The smallest absolute Gasteiger partial charge is 0.119 e. The second-order valence-corrected chi connectivity index (χ2v) is 6.39. The summed E-state index contributed by atoms with van der Waals surface area (Å²) in [7, 11) is 0. The third kappa shape index (κ3) is 4.74. The quantitative estimate of drug-likeness (QED) is 0.675. The zero-order valence-corrected chi connectivity index (χ0v) is 14.0. The van der Waals surface area contributed by atoms with Crippen molar-refractivity contribution >= 4 is 0 Å². The molecule has 2 heteroatoms. The molecule has 0 spiro atoms. The van der Waals surface area contributed by atoms with E-state index in [2.05, 4.69) is 43.0 Å². The van der Waals surface area contributed by atoms with Crippen molar-refractivity contribution in [2.75, 3.05) is 26.2 Å². The molecule has 1 aromatic rings. The number of piperidine rings is 1. The van der Waals surface area contributed by atoms with Crippen molar-refractivity contribution in [2.45, 2.75) is 52.4 Å². The fourth-order valence-electron chi connectivity index (χ4n) is 3.52. The maximum absolute atomic E-state index is 5.65. The number of benzene rings is 1. The minimum absolute atomic E-state index is 0.688. The lowest BCUT2D eigenvalue weighted by Crippen LogP contribution is -2.38. The summed E-state index contributed by atoms with van der Waals surface area (Å²) in [5, 5.41) is 0. The molecular weight excluding hydrogens is 258 g/mol. The first-order valence-corrected chi connectivity index (χ1v) is 8.69. The Balaban J connectivity index is 1.92. The van der Waals surface area contributed by atoms with E-state index in [0.717, 1.165) is 18.3 Å². The van der Waals surface area contributed by atoms with Crippen LogP contribution in [0.15, 0.2) is 24.3 Å². The fourth-order valence-corrected chi connectivity index (χ4v) is 3.52. The number of likely N-dealkylation sites (tertiary alicyclic amines) is 1. The summed E-state index contributed by atoms with van der Waals surface area (Å²) in [6, 6.07) is 8.73. The molecule has 1 aromatic carbocycles. The zero-order chi connectivity index (χ0) is 15.1. The van der Waals surface area contributed by atoms with Crippen LogP contribution in [-0.2, 0) is 0 Å². The summed E-state index contributed by atoms with van der Waals surface area (Å²) in [6.45, 7) is 11.2. The minimum atomic E-state index is 0.688. The Labute approximate surface area is 130 Å². The van der Waals surface area contributed by atoms with Crippen molar-refractivity contribution in [1.29, 1.82) is 0 Å². The molecule has 2 rings (SSSR count). The zero-order valence-electron chi connectivity index (χ0n) is 14.0. The van der Waals surface area contributed by atoms with Crippen LogP contribution in [0.3, 0.4) is 0 Å². The number of unbranched alkanes of at least 4 members (excludes halogenated alkanes) is 2. The highest BCUT2D eigenvalue weighted by Crippen LogP contribution is 2.34. The molecule has 0 saturated carbocycles. The predicted octanol–water partition coefficient (Wildman–Crippen LogP) is 4.70. The molecule has 1 saturated heterocycles. The molecule has 2 atom stereocenters. The van der Waals surface area contributed by atoms with E-state index >= 15 is 0 Å². The molecule has 1 fully saturated rings. The van der Waals surface area contributed by atoms with Crippen molar-refractivity contribution in [3.8, 4) is 5.75 Å². The first-order chi connectivity index (χ1) is 10.2. The number of ether oxygens (including phenoxy) is 1. The Hall–Kier alpha value is -1.02. The summed E-state index contributed by atoms with van der Waals surface area (Å²) in [5.74, 6) is 2.44.